The Morgan fingerprint density at radius 2 is 1.97 bits per heavy atom. The van der Waals surface area contributed by atoms with Gasteiger partial charge in [0.1, 0.15) is 11.3 Å². The van der Waals surface area contributed by atoms with E-state index in [1.165, 1.54) is 6.92 Å². The highest BCUT2D eigenvalue weighted by molar-refractivity contribution is 6.29. The Hall–Kier alpha value is -3.77. The summed E-state index contributed by atoms with van der Waals surface area (Å²) in [7, 11) is 0. The molecule has 0 N–H and O–H groups in total. The van der Waals surface area contributed by atoms with Gasteiger partial charge in [-0.25, -0.2) is 4.98 Å². The SMILES string of the molecule is CC(=O)OC1CCc2cccc(N(Cc3ccc4ccc(Cl)nc4c3)C(=O)c3cccnc3)c21. The fraction of sp³-hybridized carbons (Fsp3) is 0.185. The Labute approximate surface area is 202 Å². The molecular formula is C27H22ClN3O3. The van der Waals surface area contributed by atoms with Crippen molar-refractivity contribution in [2.45, 2.75) is 32.4 Å². The van der Waals surface area contributed by atoms with E-state index >= 15 is 0 Å². The van der Waals surface area contributed by atoms with Gasteiger partial charge in [0.15, 0.2) is 0 Å². The molecule has 4 aromatic rings. The van der Waals surface area contributed by atoms with Crippen LogP contribution in [-0.2, 0) is 22.5 Å². The van der Waals surface area contributed by atoms with Crippen molar-refractivity contribution in [3.8, 4) is 0 Å². The largest absolute Gasteiger partial charge is 0.458 e. The number of esters is 1. The van der Waals surface area contributed by atoms with Crippen molar-refractivity contribution in [1.29, 1.82) is 0 Å². The number of amides is 1. The lowest BCUT2D eigenvalue weighted by Gasteiger charge is -2.27. The van der Waals surface area contributed by atoms with Gasteiger partial charge in [0.05, 0.1) is 23.3 Å². The highest BCUT2D eigenvalue weighted by Crippen LogP contribution is 2.41. The molecular weight excluding hydrogens is 450 g/mol. The van der Waals surface area contributed by atoms with Crippen LogP contribution in [0.15, 0.2) is 73.1 Å². The van der Waals surface area contributed by atoms with Crippen LogP contribution in [0.25, 0.3) is 10.9 Å². The average molecular weight is 472 g/mol. The molecule has 34 heavy (non-hydrogen) atoms. The van der Waals surface area contributed by atoms with E-state index in [0.29, 0.717) is 23.7 Å². The number of anilines is 1. The number of rotatable bonds is 5. The summed E-state index contributed by atoms with van der Waals surface area (Å²) in [6, 6.07) is 18.9. The Bertz CT molecular complexity index is 1390. The normalized spacial score (nSPS) is 14.6. The Balaban J connectivity index is 1.60. The topological polar surface area (TPSA) is 72.4 Å². The lowest BCUT2D eigenvalue weighted by atomic mass is 10.0. The number of benzene rings is 2. The lowest BCUT2D eigenvalue weighted by Crippen LogP contribution is -2.31. The molecule has 0 bridgehead atoms. The van der Waals surface area contributed by atoms with Crippen LogP contribution >= 0.6 is 11.6 Å². The second-order valence-electron chi connectivity index (χ2n) is 8.28. The number of hydrogen-bond donors (Lipinski definition) is 0. The molecule has 0 saturated heterocycles. The van der Waals surface area contributed by atoms with E-state index in [1.54, 1.807) is 35.5 Å². The van der Waals surface area contributed by atoms with Gasteiger partial charge in [0.2, 0.25) is 0 Å². The van der Waals surface area contributed by atoms with Crippen molar-refractivity contribution < 1.29 is 14.3 Å². The van der Waals surface area contributed by atoms with Gasteiger partial charge in [0.25, 0.3) is 5.91 Å². The van der Waals surface area contributed by atoms with Gasteiger partial charge in [0, 0.05) is 30.3 Å². The maximum Gasteiger partial charge on any atom is 0.303 e. The number of pyridine rings is 2. The van der Waals surface area contributed by atoms with Gasteiger partial charge < -0.3 is 9.64 Å². The molecule has 0 saturated carbocycles. The van der Waals surface area contributed by atoms with Crippen LogP contribution in [0.1, 0.15) is 46.5 Å². The van der Waals surface area contributed by atoms with E-state index in [9.17, 15) is 9.59 Å². The zero-order chi connectivity index (χ0) is 23.7. The molecule has 6 nitrogen and oxygen atoms in total. The first-order valence-corrected chi connectivity index (χ1v) is 11.4. The molecule has 1 atom stereocenters. The molecule has 170 valence electrons. The number of nitrogens with zero attached hydrogens (tertiary/aromatic N) is 3. The van der Waals surface area contributed by atoms with Gasteiger partial charge in [-0.15, -0.1) is 0 Å². The highest BCUT2D eigenvalue weighted by Gasteiger charge is 2.31. The lowest BCUT2D eigenvalue weighted by molar-refractivity contribution is -0.146. The third kappa shape index (κ3) is 4.37. The summed E-state index contributed by atoms with van der Waals surface area (Å²) in [5.41, 5.74) is 4.84. The van der Waals surface area contributed by atoms with Crippen LogP contribution in [0, 0.1) is 0 Å². The summed E-state index contributed by atoms with van der Waals surface area (Å²) < 4.78 is 5.62. The summed E-state index contributed by atoms with van der Waals surface area (Å²) in [5.74, 6) is -0.524. The van der Waals surface area contributed by atoms with Crippen molar-refractivity contribution in [3.05, 3.63) is 100 Å². The Morgan fingerprint density at radius 1 is 1.12 bits per heavy atom. The molecule has 0 radical (unpaired) electrons. The maximum atomic E-state index is 13.7. The van der Waals surface area contributed by atoms with Crippen molar-refractivity contribution >= 4 is 40.1 Å². The first kappa shape index (κ1) is 22.0. The molecule has 0 fully saturated rings. The van der Waals surface area contributed by atoms with E-state index in [4.69, 9.17) is 16.3 Å². The molecule has 5 rings (SSSR count). The average Bonchev–Trinajstić information content (AvgIpc) is 3.25. The minimum atomic E-state index is -0.384. The molecule has 1 aliphatic rings. The smallest absolute Gasteiger partial charge is 0.303 e. The predicted molar refractivity (Wildman–Crippen MR) is 131 cm³/mol. The maximum absolute atomic E-state index is 13.7. The fourth-order valence-corrected chi connectivity index (χ4v) is 4.66. The van der Waals surface area contributed by atoms with Crippen LogP contribution in [0.4, 0.5) is 5.69 Å². The van der Waals surface area contributed by atoms with Crippen molar-refractivity contribution in [2.24, 2.45) is 0 Å². The molecule has 7 heteroatoms. The molecule has 2 heterocycles. The van der Waals surface area contributed by atoms with Crippen molar-refractivity contribution in [1.82, 2.24) is 9.97 Å². The van der Waals surface area contributed by atoms with Crippen molar-refractivity contribution in [2.75, 3.05) is 4.90 Å². The van der Waals surface area contributed by atoms with Gasteiger partial charge in [-0.1, -0.05) is 35.9 Å². The third-order valence-corrected chi connectivity index (χ3v) is 6.20. The Morgan fingerprint density at radius 3 is 2.76 bits per heavy atom. The van der Waals surface area contributed by atoms with Crippen LogP contribution in [0.5, 0.6) is 0 Å². The number of hydrogen-bond acceptors (Lipinski definition) is 5. The van der Waals surface area contributed by atoms with E-state index in [1.807, 2.05) is 42.5 Å². The molecule has 2 aromatic carbocycles. The number of aromatic nitrogens is 2. The van der Waals surface area contributed by atoms with E-state index in [-0.39, 0.29) is 18.0 Å². The number of carbonyl (C=O) groups is 2. The minimum Gasteiger partial charge on any atom is -0.458 e. The zero-order valence-electron chi connectivity index (χ0n) is 18.6. The number of halogens is 1. The summed E-state index contributed by atoms with van der Waals surface area (Å²) in [5, 5.41) is 1.38. The summed E-state index contributed by atoms with van der Waals surface area (Å²) in [6.07, 6.45) is 4.29. The predicted octanol–water partition coefficient (Wildman–Crippen LogP) is 5.68. The van der Waals surface area contributed by atoms with Crippen LogP contribution < -0.4 is 4.90 Å². The van der Waals surface area contributed by atoms with E-state index < -0.39 is 0 Å². The first-order chi connectivity index (χ1) is 16.5. The van der Waals surface area contributed by atoms with Gasteiger partial charge >= 0.3 is 5.97 Å². The summed E-state index contributed by atoms with van der Waals surface area (Å²) in [4.78, 5) is 35.8. The quantitative estimate of drug-likeness (QED) is 0.276. The monoisotopic (exact) mass is 471 g/mol. The number of ether oxygens (including phenoxy) is 1. The molecule has 0 aliphatic heterocycles. The second kappa shape index (κ2) is 9.23. The molecule has 1 unspecified atom stereocenters. The number of aryl methyl sites for hydroxylation is 1. The molecule has 2 aromatic heterocycles. The van der Waals surface area contributed by atoms with Gasteiger partial charge in [-0.05, 0) is 60.4 Å². The van der Waals surface area contributed by atoms with Crippen LogP contribution in [0.2, 0.25) is 5.15 Å². The zero-order valence-corrected chi connectivity index (χ0v) is 19.3. The Kier molecular flexibility index (Phi) is 5.99. The van der Waals surface area contributed by atoms with Gasteiger partial charge in [-0.3, -0.25) is 14.6 Å². The minimum absolute atomic E-state index is 0.186. The number of carbonyl (C=O) groups excluding carboxylic acids is 2. The first-order valence-electron chi connectivity index (χ1n) is 11.1. The van der Waals surface area contributed by atoms with Crippen LogP contribution in [-0.4, -0.2) is 21.8 Å². The van der Waals surface area contributed by atoms with E-state index in [2.05, 4.69) is 9.97 Å². The van der Waals surface area contributed by atoms with E-state index in [0.717, 1.165) is 39.7 Å². The molecule has 0 spiro atoms. The fourth-order valence-electron chi connectivity index (χ4n) is 4.50. The van der Waals surface area contributed by atoms with Crippen LogP contribution in [0.3, 0.4) is 0 Å². The standard InChI is InChI=1S/C27H22ClN3O3/c1-17(32)34-24-11-9-20-4-2-6-23(26(20)24)31(27(33)21-5-3-13-29-15-21)16-18-7-8-19-10-12-25(28)30-22(19)14-18/h2-8,10,12-15,24H,9,11,16H2,1H3. The highest BCUT2D eigenvalue weighted by atomic mass is 35.5. The third-order valence-electron chi connectivity index (χ3n) is 5.99. The molecule has 1 aliphatic carbocycles. The van der Waals surface area contributed by atoms with Gasteiger partial charge in [-0.2, -0.15) is 0 Å². The van der Waals surface area contributed by atoms with Crippen molar-refractivity contribution in [3.63, 3.8) is 0 Å². The summed E-state index contributed by atoms with van der Waals surface area (Å²) >= 11 is 6.10. The second-order valence-corrected chi connectivity index (χ2v) is 8.67. The summed E-state index contributed by atoms with van der Waals surface area (Å²) in [6.45, 7) is 1.72. The number of fused-ring (bicyclic) bond motifs is 2. The molecule has 1 amide bonds.